The predicted molar refractivity (Wildman–Crippen MR) is 53.5 cm³/mol. The van der Waals surface area contributed by atoms with Gasteiger partial charge in [-0.25, -0.2) is 4.79 Å². The molecule has 1 saturated carbocycles. The average Bonchev–Trinajstić information content (AvgIpc) is 2.81. The summed E-state index contributed by atoms with van der Waals surface area (Å²) in [4.78, 5) is 35.6. The minimum Gasteiger partial charge on any atom is -0.468 e. The first-order valence-corrected chi connectivity index (χ1v) is 5.30. The highest BCUT2D eigenvalue weighted by Gasteiger charge is 2.52. The molecule has 2 rings (SSSR count). The molecule has 0 radical (unpaired) electrons. The number of urea groups is 1. The Morgan fingerprint density at radius 3 is 2.62 bits per heavy atom. The Labute approximate surface area is 92.9 Å². The fraction of sp³-hybridized carbons (Fsp3) is 0.700. The molecule has 0 aromatic heterocycles. The summed E-state index contributed by atoms with van der Waals surface area (Å²) in [5.74, 6) is -0.876. The normalized spacial score (nSPS) is 22.7. The molecule has 88 valence electrons. The van der Waals surface area contributed by atoms with Crippen molar-refractivity contribution in [2.24, 2.45) is 0 Å². The molecule has 1 aliphatic heterocycles. The van der Waals surface area contributed by atoms with Gasteiger partial charge >= 0.3 is 12.0 Å². The van der Waals surface area contributed by atoms with Gasteiger partial charge in [0.1, 0.15) is 12.1 Å². The molecular formula is C10H14N2O4. The number of nitrogens with zero attached hydrogens (tertiary/aromatic N) is 1. The summed E-state index contributed by atoms with van der Waals surface area (Å²) in [6.07, 6.45) is 3.18. The molecule has 0 atom stereocenters. The van der Waals surface area contributed by atoms with E-state index >= 15 is 0 Å². The second-order valence-electron chi connectivity index (χ2n) is 4.19. The van der Waals surface area contributed by atoms with Crippen molar-refractivity contribution < 1.29 is 19.1 Å². The van der Waals surface area contributed by atoms with Crippen LogP contribution in [0.25, 0.3) is 0 Å². The van der Waals surface area contributed by atoms with Crippen molar-refractivity contribution in [3.63, 3.8) is 0 Å². The molecule has 1 heterocycles. The highest BCUT2D eigenvalue weighted by atomic mass is 16.5. The highest BCUT2D eigenvalue weighted by Crippen LogP contribution is 2.34. The van der Waals surface area contributed by atoms with Crippen LogP contribution in [0.4, 0.5) is 4.79 Å². The molecule has 2 aliphatic rings. The number of carbonyl (C=O) groups is 3. The smallest absolute Gasteiger partial charge is 0.325 e. The van der Waals surface area contributed by atoms with E-state index in [1.54, 1.807) is 0 Å². The Hall–Kier alpha value is -1.59. The zero-order valence-corrected chi connectivity index (χ0v) is 9.12. The summed E-state index contributed by atoms with van der Waals surface area (Å²) in [7, 11) is 1.23. The van der Waals surface area contributed by atoms with Crippen molar-refractivity contribution in [2.75, 3.05) is 13.7 Å². The van der Waals surface area contributed by atoms with E-state index in [0.29, 0.717) is 12.8 Å². The van der Waals surface area contributed by atoms with Crippen molar-refractivity contribution in [2.45, 2.75) is 31.2 Å². The first kappa shape index (κ1) is 10.9. The summed E-state index contributed by atoms with van der Waals surface area (Å²) in [5, 5.41) is 2.69. The van der Waals surface area contributed by atoms with E-state index in [-0.39, 0.29) is 12.5 Å². The van der Waals surface area contributed by atoms with Crippen LogP contribution < -0.4 is 5.32 Å². The van der Waals surface area contributed by atoms with E-state index in [9.17, 15) is 14.4 Å². The molecule has 3 amide bonds. The molecule has 0 aromatic carbocycles. The van der Waals surface area contributed by atoms with Gasteiger partial charge in [-0.2, -0.15) is 0 Å². The molecule has 6 heteroatoms. The van der Waals surface area contributed by atoms with Crippen LogP contribution in [0.1, 0.15) is 25.7 Å². The molecule has 1 saturated heterocycles. The lowest BCUT2D eigenvalue weighted by atomic mass is 9.98. The van der Waals surface area contributed by atoms with Crippen LogP contribution in [-0.4, -0.2) is 42.0 Å². The van der Waals surface area contributed by atoms with Crippen molar-refractivity contribution in [1.82, 2.24) is 10.2 Å². The second kappa shape index (κ2) is 3.77. The van der Waals surface area contributed by atoms with Crippen LogP contribution in [0, 0.1) is 0 Å². The lowest BCUT2D eigenvalue weighted by Crippen LogP contribution is -2.44. The average molecular weight is 226 g/mol. The molecule has 2 fully saturated rings. The Bertz CT molecular complexity index is 347. The number of rotatable bonds is 2. The van der Waals surface area contributed by atoms with Gasteiger partial charge in [-0.1, -0.05) is 12.8 Å². The number of hydrogen-bond acceptors (Lipinski definition) is 4. The zero-order valence-electron chi connectivity index (χ0n) is 9.12. The molecule has 1 spiro atoms. The Morgan fingerprint density at radius 1 is 1.44 bits per heavy atom. The van der Waals surface area contributed by atoms with Crippen LogP contribution in [0.5, 0.6) is 0 Å². The van der Waals surface area contributed by atoms with E-state index in [1.165, 1.54) is 7.11 Å². The van der Waals surface area contributed by atoms with E-state index in [0.717, 1.165) is 17.7 Å². The molecule has 0 unspecified atom stereocenters. The van der Waals surface area contributed by atoms with Crippen molar-refractivity contribution >= 4 is 17.9 Å². The van der Waals surface area contributed by atoms with Crippen LogP contribution in [0.15, 0.2) is 0 Å². The molecular weight excluding hydrogens is 212 g/mol. The Kier molecular flexibility index (Phi) is 2.57. The van der Waals surface area contributed by atoms with Gasteiger partial charge in [-0.15, -0.1) is 0 Å². The van der Waals surface area contributed by atoms with Crippen molar-refractivity contribution in [3.8, 4) is 0 Å². The number of nitrogens with one attached hydrogen (secondary N) is 1. The van der Waals surface area contributed by atoms with Crippen LogP contribution in [0.2, 0.25) is 0 Å². The maximum atomic E-state index is 12.0. The van der Waals surface area contributed by atoms with Gasteiger partial charge in [-0.3, -0.25) is 14.5 Å². The largest absolute Gasteiger partial charge is 0.468 e. The fourth-order valence-corrected chi connectivity index (χ4v) is 2.33. The van der Waals surface area contributed by atoms with E-state index in [4.69, 9.17) is 0 Å². The van der Waals surface area contributed by atoms with E-state index in [1.807, 2.05) is 0 Å². The second-order valence-corrected chi connectivity index (χ2v) is 4.19. The van der Waals surface area contributed by atoms with Crippen LogP contribution >= 0.6 is 0 Å². The molecule has 16 heavy (non-hydrogen) atoms. The summed E-state index contributed by atoms with van der Waals surface area (Å²) in [6.45, 7) is -0.303. The predicted octanol–water partition coefficient (Wildman–Crippen LogP) is 0.0240. The van der Waals surface area contributed by atoms with Gasteiger partial charge in [0, 0.05) is 0 Å². The van der Waals surface area contributed by atoms with Gasteiger partial charge in [0.25, 0.3) is 5.91 Å². The van der Waals surface area contributed by atoms with Gasteiger partial charge in [0.05, 0.1) is 7.11 Å². The zero-order chi connectivity index (χ0) is 11.8. The number of amides is 3. The first-order valence-electron chi connectivity index (χ1n) is 5.30. The molecule has 1 N–H and O–H groups in total. The first-order chi connectivity index (χ1) is 7.59. The minimum atomic E-state index is -0.745. The molecule has 0 aromatic rings. The topological polar surface area (TPSA) is 75.7 Å². The number of ether oxygens (including phenoxy) is 1. The molecule has 6 nitrogen and oxygen atoms in total. The van der Waals surface area contributed by atoms with Crippen LogP contribution in [-0.2, 0) is 14.3 Å². The number of esters is 1. The number of imide groups is 1. The van der Waals surface area contributed by atoms with Gasteiger partial charge < -0.3 is 10.1 Å². The van der Waals surface area contributed by atoms with Gasteiger partial charge in [-0.05, 0) is 12.8 Å². The molecule has 0 bridgehead atoms. The van der Waals surface area contributed by atoms with Crippen LogP contribution in [0.3, 0.4) is 0 Å². The summed E-state index contributed by atoms with van der Waals surface area (Å²) in [5.41, 5.74) is -0.745. The Balaban J connectivity index is 2.13. The van der Waals surface area contributed by atoms with Crippen molar-refractivity contribution in [1.29, 1.82) is 0 Å². The lowest BCUT2D eigenvalue weighted by Gasteiger charge is -2.19. The number of hydrogen-bond donors (Lipinski definition) is 1. The number of methoxy groups -OCH3 is 1. The van der Waals surface area contributed by atoms with Crippen molar-refractivity contribution in [3.05, 3.63) is 0 Å². The minimum absolute atomic E-state index is 0.291. The Morgan fingerprint density at radius 2 is 2.06 bits per heavy atom. The summed E-state index contributed by atoms with van der Waals surface area (Å²) < 4.78 is 4.45. The SMILES string of the molecule is COC(=O)CN1C(=O)NC2(CCCC2)C1=O. The van der Waals surface area contributed by atoms with E-state index in [2.05, 4.69) is 10.1 Å². The lowest BCUT2D eigenvalue weighted by molar-refractivity contribution is -0.145. The third-order valence-electron chi connectivity index (χ3n) is 3.22. The maximum Gasteiger partial charge on any atom is 0.325 e. The third-order valence-corrected chi connectivity index (χ3v) is 3.22. The highest BCUT2D eigenvalue weighted by molar-refractivity contribution is 6.08. The quantitative estimate of drug-likeness (QED) is 0.532. The fourth-order valence-electron chi connectivity index (χ4n) is 2.33. The number of carbonyl (C=O) groups excluding carboxylic acids is 3. The summed E-state index contributed by atoms with van der Waals surface area (Å²) in [6, 6.07) is -0.489. The third kappa shape index (κ3) is 1.54. The van der Waals surface area contributed by atoms with Gasteiger partial charge in [0.15, 0.2) is 0 Å². The maximum absolute atomic E-state index is 12.0. The monoisotopic (exact) mass is 226 g/mol. The standard InChI is InChI=1S/C10H14N2O4/c1-16-7(13)6-12-8(14)10(11-9(12)15)4-2-3-5-10/h2-6H2,1H3,(H,11,15). The molecule has 1 aliphatic carbocycles. The van der Waals surface area contributed by atoms with Gasteiger partial charge in [0.2, 0.25) is 0 Å². The van der Waals surface area contributed by atoms with E-state index < -0.39 is 17.5 Å². The summed E-state index contributed by atoms with van der Waals surface area (Å²) >= 11 is 0.